The van der Waals surface area contributed by atoms with Crippen molar-refractivity contribution in [2.24, 2.45) is 5.92 Å². The fourth-order valence-electron chi connectivity index (χ4n) is 1.66. The van der Waals surface area contributed by atoms with Crippen molar-refractivity contribution in [1.82, 2.24) is 4.90 Å². The Kier molecular flexibility index (Phi) is 9.98. The lowest BCUT2D eigenvalue weighted by atomic mass is 10.1. The summed E-state index contributed by atoms with van der Waals surface area (Å²) in [5.41, 5.74) is 0. The SMILES string of the molecule is CC(C)CCOCCN(CCCC(=O)O)C(C)C. The van der Waals surface area contributed by atoms with Crippen LogP contribution in [-0.4, -0.2) is 48.3 Å². The lowest BCUT2D eigenvalue weighted by Crippen LogP contribution is -2.35. The van der Waals surface area contributed by atoms with E-state index in [0.29, 0.717) is 18.4 Å². The zero-order valence-electron chi connectivity index (χ0n) is 12.3. The summed E-state index contributed by atoms with van der Waals surface area (Å²) >= 11 is 0. The van der Waals surface area contributed by atoms with Gasteiger partial charge in [-0.2, -0.15) is 0 Å². The van der Waals surface area contributed by atoms with Crippen LogP contribution in [0.4, 0.5) is 0 Å². The van der Waals surface area contributed by atoms with Gasteiger partial charge in [0.05, 0.1) is 6.61 Å². The van der Waals surface area contributed by atoms with E-state index in [1.54, 1.807) is 0 Å². The van der Waals surface area contributed by atoms with Crippen LogP contribution in [0.1, 0.15) is 47.0 Å². The molecule has 0 aliphatic rings. The Labute approximate surface area is 111 Å². The van der Waals surface area contributed by atoms with Crippen molar-refractivity contribution in [3.05, 3.63) is 0 Å². The maximum atomic E-state index is 10.5. The largest absolute Gasteiger partial charge is 0.481 e. The summed E-state index contributed by atoms with van der Waals surface area (Å²) in [4.78, 5) is 12.7. The van der Waals surface area contributed by atoms with E-state index in [2.05, 4.69) is 32.6 Å². The summed E-state index contributed by atoms with van der Waals surface area (Å²) in [6.07, 6.45) is 2.05. The first kappa shape index (κ1) is 17.4. The van der Waals surface area contributed by atoms with Gasteiger partial charge >= 0.3 is 5.97 Å². The van der Waals surface area contributed by atoms with E-state index in [0.717, 1.165) is 32.7 Å². The summed E-state index contributed by atoms with van der Waals surface area (Å²) in [6.45, 7) is 11.9. The summed E-state index contributed by atoms with van der Waals surface area (Å²) < 4.78 is 5.59. The Morgan fingerprint density at radius 3 is 2.33 bits per heavy atom. The van der Waals surface area contributed by atoms with Crippen molar-refractivity contribution in [2.45, 2.75) is 53.0 Å². The second kappa shape index (κ2) is 10.3. The van der Waals surface area contributed by atoms with Crippen molar-refractivity contribution in [2.75, 3.05) is 26.3 Å². The molecular weight excluding hydrogens is 230 g/mol. The van der Waals surface area contributed by atoms with Crippen molar-refractivity contribution < 1.29 is 14.6 Å². The highest BCUT2D eigenvalue weighted by Gasteiger charge is 2.09. The maximum absolute atomic E-state index is 10.5. The molecule has 0 atom stereocenters. The summed E-state index contributed by atoms with van der Waals surface area (Å²) in [5, 5.41) is 8.62. The van der Waals surface area contributed by atoms with E-state index in [4.69, 9.17) is 9.84 Å². The Morgan fingerprint density at radius 2 is 1.83 bits per heavy atom. The Balaban J connectivity index is 3.66. The molecule has 0 aliphatic heterocycles. The highest BCUT2D eigenvalue weighted by Crippen LogP contribution is 2.03. The number of carboxylic acid groups (broad SMARTS) is 1. The third-order valence-corrected chi connectivity index (χ3v) is 2.93. The first-order valence-corrected chi connectivity index (χ1v) is 6.97. The van der Waals surface area contributed by atoms with Crippen molar-refractivity contribution in [3.8, 4) is 0 Å². The monoisotopic (exact) mass is 259 g/mol. The highest BCUT2D eigenvalue weighted by molar-refractivity contribution is 5.66. The van der Waals surface area contributed by atoms with Crippen LogP contribution in [0.15, 0.2) is 0 Å². The molecule has 0 aromatic carbocycles. The molecule has 0 aromatic rings. The average Bonchev–Trinajstić information content (AvgIpc) is 2.25. The van der Waals surface area contributed by atoms with E-state index in [-0.39, 0.29) is 6.42 Å². The fraction of sp³-hybridized carbons (Fsp3) is 0.929. The standard InChI is InChI=1S/C14H29NO3/c1-12(2)7-10-18-11-9-15(13(3)4)8-5-6-14(16)17/h12-13H,5-11H2,1-4H3,(H,16,17). The number of carbonyl (C=O) groups is 1. The molecule has 0 saturated carbocycles. The van der Waals surface area contributed by atoms with Crippen molar-refractivity contribution in [1.29, 1.82) is 0 Å². The third kappa shape index (κ3) is 10.5. The van der Waals surface area contributed by atoms with Gasteiger partial charge in [0.15, 0.2) is 0 Å². The molecule has 0 heterocycles. The van der Waals surface area contributed by atoms with Gasteiger partial charge in [0.25, 0.3) is 0 Å². The predicted octanol–water partition coefficient (Wildman–Crippen LogP) is 2.62. The van der Waals surface area contributed by atoms with Crippen LogP contribution < -0.4 is 0 Å². The molecule has 0 radical (unpaired) electrons. The minimum atomic E-state index is -0.716. The van der Waals surface area contributed by atoms with Crippen LogP contribution in [0.5, 0.6) is 0 Å². The first-order chi connectivity index (χ1) is 8.43. The molecule has 108 valence electrons. The Morgan fingerprint density at radius 1 is 1.17 bits per heavy atom. The molecule has 0 bridgehead atoms. The predicted molar refractivity (Wildman–Crippen MR) is 73.9 cm³/mol. The molecule has 0 saturated heterocycles. The summed E-state index contributed by atoms with van der Waals surface area (Å²) in [5.74, 6) is -0.0337. The molecule has 0 spiro atoms. The lowest BCUT2D eigenvalue weighted by Gasteiger charge is -2.26. The second-order valence-corrected chi connectivity index (χ2v) is 5.42. The van der Waals surface area contributed by atoms with Gasteiger partial charge in [0.2, 0.25) is 0 Å². The smallest absolute Gasteiger partial charge is 0.303 e. The Hall–Kier alpha value is -0.610. The van der Waals surface area contributed by atoms with Crippen LogP contribution in [0.2, 0.25) is 0 Å². The number of rotatable bonds is 11. The second-order valence-electron chi connectivity index (χ2n) is 5.42. The Bertz CT molecular complexity index is 217. The van der Waals surface area contributed by atoms with Crippen molar-refractivity contribution >= 4 is 5.97 Å². The van der Waals surface area contributed by atoms with E-state index in [9.17, 15) is 4.79 Å². The van der Waals surface area contributed by atoms with E-state index >= 15 is 0 Å². The van der Waals surface area contributed by atoms with Gasteiger partial charge in [-0.05, 0) is 39.2 Å². The van der Waals surface area contributed by atoms with Gasteiger partial charge in [-0.1, -0.05) is 13.8 Å². The van der Waals surface area contributed by atoms with Gasteiger partial charge < -0.3 is 9.84 Å². The van der Waals surface area contributed by atoms with Gasteiger partial charge in [-0.3, -0.25) is 9.69 Å². The molecular formula is C14H29NO3. The number of hydrogen-bond acceptors (Lipinski definition) is 3. The van der Waals surface area contributed by atoms with Crippen LogP contribution in [0, 0.1) is 5.92 Å². The molecule has 4 heteroatoms. The molecule has 0 fully saturated rings. The van der Waals surface area contributed by atoms with Crippen LogP contribution in [0.3, 0.4) is 0 Å². The van der Waals surface area contributed by atoms with Gasteiger partial charge in [0.1, 0.15) is 0 Å². The topological polar surface area (TPSA) is 49.8 Å². The van der Waals surface area contributed by atoms with E-state index in [1.165, 1.54) is 0 Å². The zero-order chi connectivity index (χ0) is 14.0. The molecule has 0 unspecified atom stereocenters. The van der Waals surface area contributed by atoms with Crippen LogP contribution in [-0.2, 0) is 9.53 Å². The number of carboxylic acids is 1. The molecule has 1 N–H and O–H groups in total. The zero-order valence-corrected chi connectivity index (χ0v) is 12.3. The number of aliphatic carboxylic acids is 1. The molecule has 0 rings (SSSR count). The molecule has 0 aromatic heterocycles. The normalized spacial score (nSPS) is 11.7. The maximum Gasteiger partial charge on any atom is 0.303 e. The van der Waals surface area contributed by atoms with Crippen LogP contribution >= 0.6 is 0 Å². The molecule has 0 amide bonds. The highest BCUT2D eigenvalue weighted by atomic mass is 16.5. The minimum Gasteiger partial charge on any atom is -0.481 e. The minimum absolute atomic E-state index is 0.247. The fourth-order valence-corrected chi connectivity index (χ4v) is 1.66. The summed E-state index contributed by atoms with van der Waals surface area (Å²) in [7, 11) is 0. The average molecular weight is 259 g/mol. The third-order valence-electron chi connectivity index (χ3n) is 2.93. The summed E-state index contributed by atoms with van der Waals surface area (Å²) in [6, 6.07) is 0.437. The number of ether oxygens (including phenoxy) is 1. The molecule has 4 nitrogen and oxygen atoms in total. The molecule has 18 heavy (non-hydrogen) atoms. The quantitative estimate of drug-likeness (QED) is 0.579. The van der Waals surface area contributed by atoms with Gasteiger partial charge in [0, 0.05) is 25.6 Å². The number of hydrogen-bond donors (Lipinski definition) is 1. The van der Waals surface area contributed by atoms with Crippen LogP contribution in [0.25, 0.3) is 0 Å². The van der Waals surface area contributed by atoms with Gasteiger partial charge in [-0.15, -0.1) is 0 Å². The van der Waals surface area contributed by atoms with E-state index in [1.807, 2.05) is 0 Å². The lowest BCUT2D eigenvalue weighted by molar-refractivity contribution is -0.137. The first-order valence-electron chi connectivity index (χ1n) is 6.97. The van der Waals surface area contributed by atoms with E-state index < -0.39 is 5.97 Å². The van der Waals surface area contributed by atoms with Crippen molar-refractivity contribution in [3.63, 3.8) is 0 Å². The molecule has 0 aliphatic carbocycles. The van der Waals surface area contributed by atoms with Gasteiger partial charge in [-0.25, -0.2) is 0 Å². The number of nitrogens with zero attached hydrogens (tertiary/aromatic N) is 1.